The Labute approximate surface area is 164 Å². The summed E-state index contributed by atoms with van der Waals surface area (Å²) in [5.41, 5.74) is -0.840. The molecule has 8 nitrogen and oxygen atoms in total. The fraction of sp³-hybridized carbons (Fsp3) is 0.550. The Morgan fingerprint density at radius 1 is 1.25 bits per heavy atom. The van der Waals surface area contributed by atoms with Crippen molar-refractivity contribution in [3.63, 3.8) is 0 Å². The first-order chi connectivity index (χ1) is 13.5. The monoisotopic (exact) mass is 389 g/mol. The smallest absolute Gasteiger partial charge is 0.325 e. The Hall–Kier alpha value is -2.77. The highest BCUT2D eigenvalue weighted by molar-refractivity contribution is 6.09. The summed E-state index contributed by atoms with van der Waals surface area (Å²) in [4.78, 5) is 38.3. The minimum atomic E-state index is -0.840. The minimum Gasteiger partial charge on any atom is -0.497 e. The van der Waals surface area contributed by atoms with Gasteiger partial charge in [-0.15, -0.1) is 0 Å². The highest BCUT2D eigenvalue weighted by Gasteiger charge is 2.55. The number of urea groups is 1. The van der Waals surface area contributed by atoms with E-state index in [9.17, 15) is 14.4 Å². The summed E-state index contributed by atoms with van der Waals surface area (Å²) in [6.07, 6.45) is 3.49. The largest absolute Gasteiger partial charge is 0.497 e. The van der Waals surface area contributed by atoms with E-state index < -0.39 is 11.6 Å². The lowest BCUT2D eigenvalue weighted by Crippen LogP contribution is -2.54. The number of carbonyl (C=O) groups is 3. The Morgan fingerprint density at radius 3 is 2.64 bits per heavy atom. The molecule has 0 aromatic heterocycles. The maximum atomic E-state index is 12.8. The normalized spacial score (nSPS) is 24.2. The van der Waals surface area contributed by atoms with Crippen LogP contribution in [0.5, 0.6) is 11.5 Å². The van der Waals surface area contributed by atoms with Crippen molar-refractivity contribution in [3.8, 4) is 11.5 Å². The quantitative estimate of drug-likeness (QED) is 0.546. The van der Waals surface area contributed by atoms with Crippen molar-refractivity contribution in [1.82, 2.24) is 15.5 Å². The predicted molar refractivity (Wildman–Crippen MR) is 102 cm³/mol. The molecule has 28 heavy (non-hydrogen) atoms. The Balaban J connectivity index is 1.45. The molecular formula is C20H27N3O5. The van der Waals surface area contributed by atoms with Crippen molar-refractivity contribution >= 4 is 17.8 Å². The van der Waals surface area contributed by atoms with Crippen LogP contribution in [0.2, 0.25) is 0 Å². The molecule has 8 heteroatoms. The van der Waals surface area contributed by atoms with E-state index in [-0.39, 0.29) is 37.4 Å². The van der Waals surface area contributed by atoms with Gasteiger partial charge in [-0.2, -0.15) is 0 Å². The molecule has 1 heterocycles. The lowest BCUT2D eigenvalue weighted by atomic mass is 9.73. The van der Waals surface area contributed by atoms with E-state index in [0.29, 0.717) is 12.2 Å². The summed E-state index contributed by atoms with van der Waals surface area (Å²) in [5.74, 6) is 0.803. The van der Waals surface area contributed by atoms with Gasteiger partial charge in [0.15, 0.2) is 0 Å². The van der Waals surface area contributed by atoms with Gasteiger partial charge in [0.2, 0.25) is 5.91 Å². The van der Waals surface area contributed by atoms with Crippen LogP contribution in [0.4, 0.5) is 4.79 Å². The molecule has 2 aliphatic rings. The molecule has 1 aromatic rings. The van der Waals surface area contributed by atoms with Crippen molar-refractivity contribution in [1.29, 1.82) is 0 Å². The summed E-state index contributed by atoms with van der Waals surface area (Å²) in [7, 11) is 1.59. The van der Waals surface area contributed by atoms with Gasteiger partial charge in [-0.25, -0.2) is 4.79 Å². The standard InChI is InChI=1S/C20H27N3O5/c1-14-5-3-4-10-20(14)18(25)23(19(26)22-20)13-17(24)21-11-12-28-16-8-6-15(27-2)7-9-16/h6-9,14H,3-5,10-13H2,1-2H3,(H,21,24)(H,22,26). The average Bonchev–Trinajstić information content (AvgIpc) is 2.93. The third-order valence-corrected chi connectivity index (χ3v) is 5.56. The second-order valence-electron chi connectivity index (χ2n) is 7.31. The number of nitrogens with one attached hydrogen (secondary N) is 2. The highest BCUT2D eigenvalue weighted by Crippen LogP contribution is 2.38. The number of hydrogen-bond donors (Lipinski definition) is 2. The van der Waals surface area contributed by atoms with Crippen LogP contribution in [0.1, 0.15) is 32.6 Å². The molecule has 1 aromatic carbocycles. The van der Waals surface area contributed by atoms with Gasteiger partial charge >= 0.3 is 6.03 Å². The molecule has 2 fully saturated rings. The van der Waals surface area contributed by atoms with Gasteiger partial charge in [-0.05, 0) is 43.0 Å². The van der Waals surface area contributed by atoms with Crippen LogP contribution in [0.25, 0.3) is 0 Å². The van der Waals surface area contributed by atoms with Crippen molar-refractivity contribution in [2.24, 2.45) is 5.92 Å². The average molecular weight is 389 g/mol. The molecule has 1 saturated heterocycles. The van der Waals surface area contributed by atoms with Crippen molar-refractivity contribution in [3.05, 3.63) is 24.3 Å². The second kappa shape index (κ2) is 8.50. The summed E-state index contributed by atoms with van der Waals surface area (Å²) in [6, 6.07) is 6.64. The molecule has 152 valence electrons. The first-order valence-electron chi connectivity index (χ1n) is 9.64. The number of rotatable bonds is 7. The molecule has 0 radical (unpaired) electrons. The first-order valence-corrected chi connectivity index (χ1v) is 9.64. The number of nitrogens with zero attached hydrogens (tertiary/aromatic N) is 1. The molecule has 1 spiro atoms. The number of methoxy groups -OCH3 is 1. The van der Waals surface area contributed by atoms with Gasteiger partial charge in [0.05, 0.1) is 13.7 Å². The van der Waals surface area contributed by atoms with Gasteiger partial charge < -0.3 is 20.1 Å². The molecule has 2 unspecified atom stereocenters. The predicted octanol–water partition coefficient (Wildman–Crippen LogP) is 1.69. The third kappa shape index (κ3) is 4.05. The topological polar surface area (TPSA) is 97.0 Å². The van der Waals surface area contributed by atoms with E-state index in [4.69, 9.17) is 9.47 Å². The summed E-state index contributed by atoms with van der Waals surface area (Å²) < 4.78 is 10.6. The van der Waals surface area contributed by atoms with Crippen LogP contribution in [0.15, 0.2) is 24.3 Å². The zero-order valence-corrected chi connectivity index (χ0v) is 16.3. The van der Waals surface area contributed by atoms with Crippen molar-refractivity contribution in [2.45, 2.75) is 38.1 Å². The molecule has 2 atom stereocenters. The molecule has 4 amide bonds. The molecule has 2 N–H and O–H groups in total. The molecular weight excluding hydrogens is 362 g/mol. The third-order valence-electron chi connectivity index (χ3n) is 5.56. The van der Waals surface area contributed by atoms with Gasteiger partial charge in [-0.3, -0.25) is 14.5 Å². The molecule has 1 aliphatic heterocycles. The number of imide groups is 1. The zero-order valence-electron chi connectivity index (χ0n) is 16.3. The lowest BCUT2D eigenvalue weighted by Gasteiger charge is -2.36. The van der Waals surface area contributed by atoms with E-state index in [2.05, 4.69) is 10.6 Å². The van der Waals surface area contributed by atoms with Crippen LogP contribution in [0, 0.1) is 5.92 Å². The van der Waals surface area contributed by atoms with Crippen molar-refractivity contribution in [2.75, 3.05) is 26.8 Å². The van der Waals surface area contributed by atoms with Crippen LogP contribution in [0.3, 0.4) is 0 Å². The first kappa shape index (κ1) is 20.0. The number of hydrogen-bond acceptors (Lipinski definition) is 5. The maximum Gasteiger partial charge on any atom is 0.325 e. The number of amides is 4. The number of ether oxygens (including phenoxy) is 2. The van der Waals surface area contributed by atoms with E-state index in [1.54, 1.807) is 31.4 Å². The highest BCUT2D eigenvalue weighted by atomic mass is 16.5. The number of benzene rings is 1. The Bertz CT molecular complexity index is 736. The molecule has 1 aliphatic carbocycles. The fourth-order valence-corrected chi connectivity index (χ4v) is 3.87. The minimum absolute atomic E-state index is 0.0728. The van der Waals surface area contributed by atoms with Gasteiger partial charge in [0.25, 0.3) is 5.91 Å². The Morgan fingerprint density at radius 2 is 1.96 bits per heavy atom. The maximum absolute atomic E-state index is 12.8. The van der Waals surface area contributed by atoms with Gasteiger partial charge in [0, 0.05) is 0 Å². The summed E-state index contributed by atoms with van der Waals surface area (Å²) in [5, 5.41) is 5.53. The van der Waals surface area contributed by atoms with E-state index in [1.165, 1.54) is 0 Å². The summed E-state index contributed by atoms with van der Waals surface area (Å²) in [6.45, 7) is 2.26. The van der Waals surface area contributed by atoms with Crippen LogP contribution in [-0.2, 0) is 9.59 Å². The Kier molecular flexibility index (Phi) is 6.06. The van der Waals surface area contributed by atoms with Crippen LogP contribution < -0.4 is 20.1 Å². The fourth-order valence-electron chi connectivity index (χ4n) is 3.87. The lowest BCUT2D eigenvalue weighted by molar-refractivity contribution is -0.137. The molecule has 0 bridgehead atoms. The van der Waals surface area contributed by atoms with E-state index >= 15 is 0 Å². The SMILES string of the molecule is COc1ccc(OCCNC(=O)CN2C(=O)NC3(CCCCC3C)C2=O)cc1. The van der Waals surface area contributed by atoms with Gasteiger partial charge in [0.1, 0.15) is 30.2 Å². The number of carbonyl (C=O) groups excluding carboxylic acids is 3. The van der Waals surface area contributed by atoms with E-state index in [1.807, 2.05) is 6.92 Å². The van der Waals surface area contributed by atoms with Crippen LogP contribution >= 0.6 is 0 Å². The second-order valence-corrected chi connectivity index (χ2v) is 7.31. The van der Waals surface area contributed by atoms with E-state index in [0.717, 1.165) is 29.9 Å². The van der Waals surface area contributed by atoms with Crippen LogP contribution in [-0.4, -0.2) is 55.1 Å². The molecule has 1 saturated carbocycles. The van der Waals surface area contributed by atoms with Crippen molar-refractivity contribution < 1.29 is 23.9 Å². The molecule has 3 rings (SSSR count). The summed E-state index contributed by atoms with van der Waals surface area (Å²) >= 11 is 0. The zero-order chi connectivity index (χ0) is 20.1. The van der Waals surface area contributed by atoms with Gasteiger partial charge in [-0.1, -0.05) is 19.8 Å².